The molecule has 0 aromatic carbocycles. The molecule has 116 valence electrons. The first kappa shape index (κ1) is 16.3. The van der Waals surface area contributed by atoms with Crippen molar-refractivity contribution in [1.29, 1.82) is 0 Å². The molecule has 6 heteroatoms. The Morgan fingerprint density at radius 2 is 1.86 bits per heavy atom. The average Bonchev–Trinajstić information content (AvgIpc) is 2.85. The molecule has 21 heavy (non-hydrogen) atoms. The van der Waals surface area contributed by atoms with Gasteiger partial charge < -0.3 is 10.2 Å². The molecule has 1 N–H and O–H groups in total. The third kappa shape index (κ3) is 2.69. The summed E-state index contributed by atoms with van der Waals surface area (Å²) in [5.74, 6) is -0.116. The molecule has 1 fully saturated rings. The Balaban J connectivity index is 2.38. The Labute approximate surface area is 134 Å². The van der Waals surface area contributed by atoms with Gasteiger partial charge in [0.25, 0.3) is 0 Å². The number of hydrogen-bond acceptors (Lipinski definition) is 3. The highest BCUT2D eigenvalue weighted by molar-refractivity contribution is 7.16. The molecule has 0 unspecified atom stereocenters. The van der Waals surface area contributed by atoms with E-state index >= 15 is 0 Å². The van der Waals surface area contributed by atoms with Gasteiger partial charge in [0.15, 0.2) is 0 Å². The average molecular weight is 329 g/mol. The molecule has 1 saturated heterocycles. The quantitative estimate of drug-likeness (QED) is 0.922. The minimum absolute atomic E-state index is 0.0124. The number of nitrogens with one attached hydrogen (secondary N) is 1. The van der Waals surface area contributed by atoms with Crippen LogP contribution in [0, 0.1) is 0 Å². The summed E-state index contributed by atoms with van der Waals surface area (Å²) in [7, 11) is 0. The van der Waals surface area contributed by atoms with E-state index in [2.05, 4.69) is 5.32 Å². The zero-order chi connectivity index (χ0) is 15.8. The van der Waals surface area contributed by atoms with Crippen molar-refractivity contribution in [3.8, 4) is 0 Å². The second-order valence-electron chi connectivity index (χ2n) is 5.90. The molecule has 0 atom stereocenters. The topological polar surface area (TPSA) is 49.4 Å². The SMILES string of the molecule is CCC1(CC)NC(=O)C(C)(C)N(Cc2ccc(Cl)s2)C1=O. The largest absolute Gasteiger partial charge is 0.340 e. The number of carbonyl (C=O) groups excluding carboxylic acids is 2. The smallest absolute Gasteiger partial charge is 0.249 e. The van der Waals surface area contributed by atoms with E-state index in [1.54, 1.807) is 18.7 Å². The van der Waals surface area contributed by atoms with E-state index in [1.807, 2.05) is 26.0 Å². The molecule has 2 heterocycles. The molecule has 0 bridgehead atoms. The number of rotatable bonds is 4. The number of carbonyl (C=O) groups is 2. The fraction of sp³-hybridized carbons (Fsp3) is 0.600. The van der Waals surface area contributed by atoms with Crippen molar-refractivity contribution < 1.29 is 9.59 Å². The summed E-state index contributed by atoms with van der Waals surface area (Å²) in [5.41, 5.74) is -1.64. The van der Waals surface area contributed by atoms with E-state index in [1.165, 1.54) is 11.3 Å². The summed E-state index contributed by atoms with van der Waals surface area (Å²) in [6.07, 6.45) is 1.18. The van der Waals surface area contributed by atoms with Crippen molar-refractivity contribution in [3.63, 3.8) is 0 Å². The fourth-order valence-electron chi connectivity index (χ4n) is 2.65. The maximum Gasteiger partial charge on any atom is 0.249 e. The maximum atomic E-state index is 13.0. The van der Waals surface area contributed by atoms with Gasteiger partial charge in [0, 0.05) is 4.88 Å². The summed E-state index contributed by atoms with van der Waals surface area (Å²) < 4.78 is 0.689. The van der Waals surface area contributed by atoms with Crippen LogP contribution >= 0.6 is 22.9 Å². The molecule has 1 aromatic heterocycles. The second kappa shape index (κ2) is 5.61. The Morgan fingerprint density at radius 1 is 1.24 bits per heavy atom. The Hall–Kier alpha value is -1.07. The van der Waals surface area contributed by atoms with Crippen molar-refractivity contribution in [2.45, 2.75) is 58.2 Å². The molecule has 2 rings (SSSR count). The van der Waals surface area contributed by atoms with Crippen LogP contribution in [0.5, 0.6) is 0 Å². The van der Waals surface area contributed by atoms with Gasteiger partial charge in [-0.05, 0) is 38.8 Å². The third-order valence-corrected chi connectivity index (χ3v) is 5.60. The molecule has 0 aliphatic carbocycles. The van der Waals surface area contributed by atoms with Crippen LogP contribution in [0.25, 0.3) is 0 Å². The van der Waals surface area contributed by atoms with Gasteiger partial charge in [0.2, 0.25) is 11.8 Å². The van der Waals surface area contributed by atoms with Crippen LogP contribution in [0.1, 0.15) is 45.4 Å². The van der Waals surface area contributed by atoms with Crippen molar-refractivity contribution in [1.82, 2.24) is 10.2 Å². The van der Waals surface area contributed by atoms with Gasteiger partial charge in [0.1, 0.15) is 11.1 Å². The molecule has 1 aliphatic heterocycles. The van der Waals surface area contributed by atoms with Gasteiger partial charge in [-0.1, -0.05) is 25.4 Å². The Kier molecular flexibility index (Phi) is 4.36. The number of amides is 2. The van der Waals surface area contributed by atoms with Gasteiger partial charge in [-0.25, -0.2) is 0 Å². The molecule has 2 amide bonds. The summed E-state index contributed by atoms with van der Waals surface area (Å²) in [6.45, 7) is 7.84. The Morgan fingerprint density at radius 3 is 2.33 bits per heavy atom. The summed E-state index contributed by atoms with van der Waals surface area (Å²) >= 11 is 7.40. The predicted molar refractivity (Wildman–Crippen MR) is 85.4 cm³/mol. The monoisotopic (exact) mass is 328 g/mol. The highest BCUT2D eigenvalue weighted by Crippen LogP contribution is 2.33. The number of piperazine rings is 1. The Bertz CT molecular complexity index is 564. The minimum Gasteiger partial charge on any atom is -0.340 e. The van der Waals surface area contributed by atoms with Gasteiger partial charge in [0.05, 0.1) is 10.9 Å². The predicted octanol–water partition coefficient (Wildman–Crippen LogP) is 3.20. The third-order valence-electron chi connectivity index (χ3n) is 4.39. The first-order chi connectivity index (χ1) is 9.76. The van der Waals surface area contributed by atoms with Crippen LogP contribution in [0.2, 0.25) is 4.34 Å². The van der Waals surface area contributed by atoms with Gasteiger partial charge in [-0.2, -0.15) is 0 Å². The van der Waals surface area contributed by atoms with Crippen LogP contribution in [-0.2, 0) is 16.1 Å². The number of halogens is 1. The first-order valence-corrected chi connectivity index (χ1v) is 8.35. The van der Waals surface area contributed by atoms with Crippen LogP contribution in [-0.4, -0.2) is 27.8 Å². The molecule has 1 aromatic rings. The van der Waals surface area contributed by atoms with Crippen LogP contribution < -0.4 is 5.32 Å². The van der Waals surface area contributed by atoms with Gasteiger partial charge >= 0.3 is 0 Å². The van der Waals surface area contributed by atoms with Crippen molar-refractivity contribution in [2.24, 2.45) is 0 Å². The molecular weight excluding hydrogens is 308 g/mol. The number of thiophene rings is 1. The van der Waals surface area contributed by atoms with E-state index < -0.39 is 11.1 Å². The van der Waals surface area contributed by atoms with Crippen molar-refractivity contribution >= 4 is 34.8 Å². The maximum absolute atomic E-state index is 13.0. The highest BCUT2D eigenvalue weighted by atomic mass is 35.5. The lowest BCUT2D eigenvalue weighted by atomic mass is 9.83. The van der Waals surface area contributed by atoms with E-state index in [0.717, 1.165) is 4.88 Å². The lowest BCUT2D eigenvalue weighted by Gasteiger charge is -2.49. The number of nitrogens with zero attached hydrogens (tertiary/aromatic N) is 1. The van der Waals surface area contributed by atoms with Crippen molar-refractivity contribution in [2.75, 3.05) is 0 Å². The molecule has 0 saturated carbocycles. The molecular formula is C15H21ClN2O2S. The van der Waals surface area contributed by atoms with E-state index in [9.17, 15) is 9.59 Å². The molecule has 0 radical (unpaired) electrons. The zero-order valence-corrected chi connectivity index (χ0v) is 14.4. The normalized spacial score (nSPS) is 20.5. The highest BCUT2D eigenvalue weighted by Gasteiger charge is 2.52. The fourth-order valence-corrected chi connectivity index (χ4v) is 3.73. The van der Waals surface area contributed by atoms with Crippen LogP contribution in [0.4, 0.5) is 0 Å². The van der Waals surface area contributed by atoms with Gasteiger partial charge in [-0.15, -0.1) is 11.3 Å². The van der Waals surface area contributed by atoms with Crippen molar-refractivity contribution in [3.05, 3.63) is 21.3 Å². The zero-order valence-electron chi connectivity index (χ0n) is 12.8. The van der Waals surface area contributed by atoms with E-state index in [-0.39, 0.29) is 11.8 Å². The summed E-state index contributed by atoms with van der Waals surface area (Å²) in [4.78, 5) is 28.1. The van der Waals surface area contributed by atoms with E-state index in [4.69, 9.17) is 11.6 Å². The standard InChI is InChI=1S/C15H21ClN2O2S/c1-5-15(6-2)13(20)18(14(3,4)12(19)17-15)9-10-7-8-11(16)21-10/h7-8H,5-6,9H2,1-4H3,(H,17,19). The van der Waals surface area contributed by atoms with Gasteiger partial charge in [-0.3, -0.25) is 9.59 Å². The number of hydrogen-bond donors (Lipinski definition) is 1. The molecule has 0 spiro atoms. The first-order valence-electron chi connectivity index (χ1n) is 7.15. The van der Waals surface area contributed by atoms with Crippen LogP contribution in [0.15, 0.2) is 12.1 Å². The van der Waals surface area contributed by atoms with Crippen LogP contribution in [0.3, 0.4) is 0 Å². The molecule has 1 aliphatic rings. The van der Waals surface area contributed by atoms with E-state index in [0.29, 0.717) is 23.7 Å². The second-order valence-corrected chi connectivity index (χ2v) is 7.70. The molecule has 4 nitrogen and oxygen atoms in total. The summed E-state index contributed by atoms with van der Waals surface area (Å²) in [6, 6.07) is 3.72. The minimum atomic E-state index is -0.860. The summed E-state index contributed by atoms with van der Waals surface area (Å²) in [5, 5.41) is 2.94. The lowest BCUT2D eigenvalue weighted by molar-refractivity contribution is -0.162. The lowest BCUT2D eigenvalue weighted by Crippen LogP contribution is -2.73.